The van der Waals surface area contributed by atoms with Crippen LogP contribution >= 0.6 is 12.6 Å². The predicted octanol–water partition coefficient (Wildman–Crippen LogP) is 3.49. The van der Waals surface area contributed by atoms with Crippen LogP contribution in [0.15, 0.2) is 47.4 Å². The van der Waals surface area contributed by atoms with Crippen LogP contribution in [0.1, 0.15) is 34.0 Å². The largest absolute Gasteiger partial charge is 0.334 e. The smallest absolute Gasteiger partial charge is 0.321 e. The van der Waals surface area contributed by atoms with Crippen molar-refractivity contribution in [3.63, 3.8) is 0 Å². The van der Waals surface area contributed by atoms with E-state index in [0.29, 0.717) is 17.0 Å². The van der Waals surface area contributed by atoms with Crippen molar-refractivity contribution < 1.29 is 9.59 Å². The topological polar surface area (TPSA) is 58.2 Å². The molecule has 2 aromatic rings. The lowest BCUT2D eigenvalue weighted by Crippen LogP contribution is -2.39. The molecule has 120 valence electrons. The summed E-state index contributed by atoms with van der Waals surface area (Å²) in [6.07, 6.45) is 0.895. The molecule has 0 radical (unpaired) electrons. The Morgan fingerprint density at radius 3 is 2.52 bits per heavy atom. The molecule has 0 heterocycles. The summed E-state index contributed by atoms with van der Waals surface area (Å²) < 4.78 is 0. The van der Waals surface area contributed by atoms with Crippen LogP contribution in [0.2, 0.25) is 0 Å². The van der Waals surface area contributed by atoms with E-state index < -0.39 is 11.9 Å². The standard InChI is InChI=1S/C18H20N2O2S/c1-3-13-8-6-7-12(2)15(13)11-19-18(22)20-17(21)14-9-4-5-10-16(14)23/h4-10,23H,3,11H2,1-2H3,(H2,19,20,21,22). The van der Waals surface area contributed by atoms with Gasteiger partial charge in [0.2, 0.25) is 0 Å². The zero-order valence-electron chi connectivity index (χ0n) is 13.2. The molecule has 0 aromatic heterocycles. The minimum atomic E-state index is -0.517. The van der Waals surface area contributed by atoms with Crippen molar-refractivity contribution in [3.05, 3.63) is 64.7 Å². The van der Waals surface area contributed by atoms with Crippen molar-refractivity contribution in [2.45, 2.75) is 31.7 Å². The maximum atomic E-state index is 12.1. The molecule has 0 spiro atoms. The normalized spacial score (nSPS) is 10.2. The van der Waals surface area contributed by atoms with Gasteiger partial charge in [-0.05, 0) is 42.2 Å². The number of carbonyl (C=O) groups excluding carboxylic acids is 2. The number of aryl methyl sites for hydroxylation is 2. The molecule has 0 bridgehead atoms. The fourth-order valence-corrected chi connectivity index (χ4v) is 2.66. The summed E-state index contributed by atoms with van der Waals surface area (Å²) in [4.78, 5) is 24.5. The molecule has 2 rings (SSSR count). The van der Waals surface area contributed by atoms with E-state index in [2.05, 4.69) is 30.2 Å². The van der Waals surface area contributed by atoms with Gasteiger partial charge < -0.3 is 5.32 Å². The Kier molecular flexibility index (Phi) is 5.82. The summed E-state index contributed by atoms with van der Waals surface area (Å²) in [5, 5.41) is 5.07. The highest BCUT2D eigenvalue weighted by atomic mass is 32.1. The number of benzene rings is 2. The lowest BCUT2D eigenvalue weighted by atomic mass is 10.0. The molecule has 0 atom stereocenters. The molecule has 0 aliphatic heterocycles. The summed E-state index contributed by atoms with van der Waals surface area (Å²) in [6, 6.07) is 12.4. The molecule has 0 saturated heterocycles. The second kappa shape index (κ2) is 7.83. The minimum Gasteiger partial charge on any atom is -0.334 e. The van der Waals surface area contributed by atoms with Crippen molar-refractivity contribution in [1.29, 1.82) is 0 Å². The third-order valence-electron chi connectivity index (χ3n) is 3.69. The molecule has 0 aliphatic rings. The van der Waals surface area contributed by atoms with E-state index in [1.165, 1.54) is 5.56 Å². The third kappa shape index (κ3) is 4.36. The molecular formula is C18H20N2O2S. The van der Waals surface area contributed by atoms with Gasteiger partial charge in [-0.2, -0.15) is 0 Å². The summed E-state index contributed by atoms with van der Waals surface area (Å²) in [5.41, 5.74) is 3.78. The van der Waals surface area contributed by atoms with Crippen LogP contribution in [0.3, 0.4) is 0 Å². The zero-order valence-corrected chi connectivity index (χ0v) is 14.1. The first kappa shape index (κ1) is 17.1. The summed E-state index contributed by atoms with van der Waals surface area (Å²) in [5.74, 6) is -0.464. The number of hydrogen-bond donors (Lipinski definition) is 3. The van der Waals surface area contributed by atoms with Crippen LogP contribution in [0, 0.1) is 6.92 Å². The lowest BCUT2D eigenvalue weighted by Gasteiger charge is -2.13. The molecule has 3 amide bonds. The van der Waals surface area contributed by atoms with Crippen molar-refractivity contribution in [3.8, 4) is 0 Å². The first-order valence-corrected chi connectivity index (χ1v) is 7.92. The maximum absolute atomic E-state index is 12.1. The summed E-state index contributed by atoms with van der Waals surface area (Å²) >= 11 is 4.22. The van der Waals surface area contributed by atoms with Gasteiger partial charge in [0, 0.05) is 11.4 Å². The molecule has 2 N–H and O–H groups in total. The highest BCUT2D eigenvalue weighted by Crippen LogP contribution is 2.15. The van der Waals surface area contributed by atoms with Gasteiger partial charge in [0.1, 0.15) is 0 Å². The lowest BCUT2D eigenvalue weighted by molar-refractivity contribution is 0.0961. The minimum absolute atomic E-state index is 0.371. The van der Waals surface area contributed by atoms with E-state index in [-0.39, 0.29) is 0 Å². The number of thiol groups is 1. The highest BCUT2D eigenvalue weighted by molar-refractivity contribution is 7.80. The average molecular weight is 328 g/mol. The Labute approximate surface area is 141 Å². The van der Waals surface area contributed by atoms with Crippen molar-refractivity contribution >= 4 is 24.6 Å². The van der Waals surface area contributed by atoms with Crippen molar-refractivity contribution in [1.82, 2.24) is 10.6 Å². The molecule has 23 heavy (non-hydrogen) atoms. The van der Waals surface area contributed by atoms with Crippen LogP contribution in [0.5, 0.6) is 0 Å². The van der Waals surface area contributed by atoms with E-state index in [4.69, 9.17) is 0 Å². The van der Waals surface area contributed by atoms with Crippen LogP contribution in [-0.4, -0.2) is 11.9 Å². The Bertz CT molecular complexity index is 729. The maximum Gasteiger partial charge on any atom is 0.321 e. The summed E-state index contributed by atoms with van der Waals surface area (Å²) in [6.45, 7) is 4.47. The fraction of sp³-hybridized carbons (Fsp3) is 0.222. The van der Waals surface area contributed by atoms with E-state index in [1.807, 2.05) is 25.1 Å². The van der Waals surface area contributed by atoms with Gasteiger partial charge in [-0.25, -0.2) is 4.79 Å². The molecule has 4 nitrogen and oxygen atoms in total. The molecule has 0 saturated carbocycles. The number of amides is 3. The van der Waals surface area contributed by atoms with Crippen LogP contribution < -0.4 is 10.6 Å². The van der Waals surface area contributed by atoms with E-state index in [9.17, 15) is 9.59 Å². The van der Waals surface area contributed by atoms with Gasteiger partial charge in [0.25, 0.3) is 5.91 Å². The molecular weight excluding hydrogens is 308 g/mol. The first-order valence-electron chi connectivity index (χ1n) is 7.47. The molecule has 0 fully saturated rings. The zero-order chi connectivity index (χ0) is 16.8. The Morgan fingerprint density at radius 1 is 1.09 bits per heavy atom. The molecule has 0 unspecified atom stereocenters. The number of carbonyl (C=O) groups is 2. The average Bonchev–Trinajstić information content (AvgIpc) is 2.53. The number of urea groups is 1. The monoisotopic (exact) mass is 328 g/mol. The highest BCUT2D eigenvalue weighted by Gasteiger charge is 2.13. The second-order valence-corrected chi connectivity index (χ2v) is 5.70. The van der Waals surface area contributed by atoms with E-state index in [0.717, 1.165) is 17.5 Å². The van der Waals surface area contributed by atoms with Crippen molar-refractivity contribution in [2.75, 3.05) is 0 Å². The number of hydrogen-bond acceptors (Lipinski definition) is 3. The second-order valence-electron chi connectivity index (χ2n) is 5.22. The first-order chi connectivity index (χ1) is 11.0. The van der Waals surface area contributed by atoms with Gasteiger partial charge in [-0.3, -0.25) is 10.1 Å². The Hall–Kier alpha value is -2.27. The quantitative estimate of drug-likeness (QED) is 0.753. The third-order valence-corrected chi connectivity index (χ3v) is 4.08. The Balaban J connectivity index is 1.99. The van der Waals surface area contributed by atoms with Gasteiger partial charge in [-0.15, -0.1) is 12.6 Å². The van der Waals surface area contributed by atoms with E-state index >= 15 is 0 Å². The van der Waals surface area contributed by atoms with Crippen LogP contribution in [0.25, 0.3) is 0 Å². The molecule has 5 heteroatoms. The predicted molar refractivity (Wildman–Crippen MR) is 94.0 cm³/mol. The number of rotatable bonds is 4. The fourth-order valence-electron chi connectivity index (χ4n) is 2.40. The number of nitrogens with one attached hydrogen (secondary N) is 2. The van der Waals surface area contributed by atoms with Gasteiger partial charge in [0.15, 0.2) is 0 Å². The van der Waals surface area contributed by atoms with Gasteiger partial charge >= 0.3 is 6.03 Å². The Morgan fingerprint density at radius 2 is 1.83 bits per heavy atom. The van der Waals surface area contributed by atoms with Gasteiger partial charge in [-0.1, -0.05) is 37.3 Å². The van der Waals surface area contributed by atoms with E-state index in [1.54, 1.807) is 24.3 Å². The molecule has 2 aromatic carbocycles. The SMILES string of the molecule is CCc1cccc(C)c1CNC(=O)NC(=O)c1ccccc1S. The molecule has 0 aliphatic carbocycles. The summed E-state index contributed by atoms with van der Waals surface area (Å²) in [7, 11) is 0. The van der Waals surface area contributed by atoms with Crippen LogP contribution in [0.4, 0.5) is 4.79 Å². The number of imide groups is 1. The van der Waals surface area contributed by atoms with Crippen LogP contribution in [-0.2, 0) is 13.0 Å². The van der Waals surface area contributed by atoms with Gasteiger partial charge in [0.05, 0.1) is 5.56 Å². The van der Waals surface area contributed by atoms with Crippen molar-refractivity contribution in [2.24, 2.45) is 0 Å².